The van der Waals surface area contributed by atoms with E-state index in [0.29, 0.717) is 0 Å². The molecule has 2 rings (SSSR count). The molecule has 0 radical (unpaired) electrons. The van der Waals surface area contributed by atoms with Gasteiger partial charge in [-0.1, -0.05) is 48.4 Å². The molecule has 1 aromatic carbocycles. The first-order valence-corrected chi connectivity index (χ1v) is 8.87. The molecule has 22 heavy (non-hydrogen) atoms. The molecular formula is C17H17ClO3S. The summed E-state index contributed by atoms with van der Waals surface area (Å²) in [5.41, 5.74) is 1.88. The van der Waals surface area contributed by atoms with Crippen molar-refractivity contribution in [2.45, 2.75) is 25.2 Å². The largest absolute Gasteiger partial charge is 0.294 e. The summed E-state index contributed by atoms with van der Waals surface area (Å²) in [7, 11) is -3.67. The Bertz CT molecular complexity index is 769. The van der Waals surface area contributed by atoms with E-state index in [2.05, 4.69) is 0 Å². The minimum absolute atomic E-state index is 0.00762. The maximum Gasteiger partial charge on any atom is 0.200 e. The minimum Gasteiger partial charge on any atom is -0.294 e. The van der Waals surface area contributed by atoms with Crippen molar-refractivity contribution in [1.82, 2.24) is 0 Å². The Kier molecular flexibility index (Phi) is 5.04. The van der Waals surface area contributed by atoms with Crippen molar-refractivity contribution >= 4 is 27.2 Å². The van der Waals surface area contributed by atoms with E-state index in [1.165, 1.54) is 18.2 Å². The Morgan fingerprint density at radius 3 is 2.45 bits per heavy atom. The number of ketones is 1. The van der Waals surface area contributed by atoms with Gasteiger partial charge in [-0.25, -0.2) is 8.42 Å². The zero-order chi connectivity index (χ0) is 16.3. The number of allylic oxidation sites excluding steroid dienone is 5. The van der Waals surface area contributed by atoms with Gasteiger partial charge in [-0.05, 0) is 37.1 Å². The number of carbonyl (C=O) groups excluding carboxylic acids is 1. The zero-order valence-corrected chi connectivity index (χ0v) is 14.0. The molecule has 0 aromatic heterocycles. The fraction of sp³-hybridized carbons (Fsp3) is 0.235. The third-order valence-electron chi connectivity index (χ3n) is 3.46. The van der Waals surface area contributed by atoms with Crippen LogP contribution < -0.4 is 0 Å². The standard InChI is InChI=1S/C17H17ClO3S/c1-3-13-6-9-15(17(19)10-13)16(18)11-22(20,21)14-7-4-12(2)5-8-14/h4-11,15H,3H2,1-2H3/b16-11+. The van der Waals surface area contributed by atoms with E-state index in [1.807, 2.05) is 13.8 Å². The van der Waals surface area contributed by atoms with Crippen molar-refractivity contribution in [1.29, 1.82) is 0 Å². The molecule has 116 valence electrons. The maximum absolute atomic E-state index is 12.3. The van der Waals surface area contributed by atoms with Gasteiger partial charge < -0.3 is 0 Å². The quantitative estimate of drug-likeness (QED) is 0.836. The predicted molar refractivity (Wildman–Crippen MR) is 88.3 cm³/mol. The summed E-state index contributed by atoms with van der Waals surface area (Å²) < 4.78 is 24.6. The predicted octanol–water partition coefficient (Wildman–Crippen LogP) is 3.94. The molecular weight excluding hydrogens is 320 g/mol. The fourth-order valence-corrected chi connectivity index (χ4v) is 3.73. The summed E-state index contributed by atoms with van der Waals surface area (Å²) in [5, 5.41) is 0.977. The Morgan fingerprint density at radius 1 is 1.27 bits per heavy atom. The van der Waals surface area contributed by atoms with Gasteiger partial charge in [0.1, 0.15) is 0 Å². The van der Waals surface area contributed by atoms with Crippen LogP contribution in [0.2, 0.25) is 0 Å². The highest BCUT2D eigenvalue weighted by molar-refractivity contribution is 7.94. The average Bonchev–Trinajstić information content (AvgIpc) is 2.46. The zero-order valence-electron chi connectivity index (χ0n) is 12.4. The lowest BCUT2D eigenvalue weighted by Crippen LogP contribution is -2.14. The molecule has 0 saturated carbocycles. The lowest BCUT2D eigenvalue weighted by Gasteiger charge is -2.14. The van der Waals surface area contributed by atoms with Gasteiger partial charge >= 0.3 is 0 Å². The monoisotopic (exact) mass is 336 g/mol. The van der Waals surface area contributed by atoms with Gasteiger partial charge in [0.15, 0.2) is 5.78 Å². The van der Waals surface area contributed by atoms with Gasteiger partial charge in [0.2, 0.25) is 9.84 Å². The van der Waals surface area contributed by atoms with Gasteiger partial charge in [-0.3, -0.25) is 4.79 Å². The fourth-order valence-electron chi connectivity index (χ4n) is 2.10. The number of aryl methyl sites for hydroxylation is 1. The molecule has 0 fully saturated rings. The smallest absolute Gasteiger partial charge is 0.200 e. The van der Waals surface area contributed by atoms with E-state index < -0.39 is 15.8 Å². The number of hydrogen-bond acceptors (Lipinski definition) is 3. The summed E-state index contributed by atoms with van der Waals surface area (Å²) in [6.45, 7) is 3.82. The number of rotatable bonds is 4. The van der Waals surface area contributed by atoms with Crippen LogP contribution in [-0.4, -0.2) is 14.2 Å². The SMILES string of the molecule is CCC1=CC(=O)C(/C(Cl)=C\S(=O)(=O)c2ccc(C)cc2)C=C1. The van der Waals surface area contributed by atoms with Crippen LogP contribution in [0.4, 0.5) is 0 Å². The number of benzene rings is 1. The van der Waals surface area contributed by atoms with Gasteiger partial charge in [-0.15, -0.1) is 0 Å². The van der Waals surface area contributed by atoms with E-state index in [-0.39, 0.29) is 15.7 Å². The van der Waals surface area contributed by atoms with E-state index in [1.54, 1.807) is 24.3 Å². The lowest BCUT2D eigenvalue weighted by molar-refractivity contribution is -0.116. The maximum atomic E-state index is 12.3. The third-order valence-corrected chi connectivity index (χ3v) is 5.43. The molecule has 0 spiro atoms. The van der Waals surface area contributed by atoms with E-state index in [9.17, 15) is 13.2 Å². The molecule has 0 heterocycles. The first kappa shape index (κ1) is 16.7. The number of carbonyl (C=O) groups is 1. The number of hydrogen-bond donors (Lipinski definition) is 0. The van der Waals surface area contributed by atoms with Gasteiger partial charge in [-0.2, -0.15) is 0 Å². The van der Waals surface area contributed by atoms with E-state index in [0.717, 1.165) is 23.0 Å². The molecule has 1 unspecified atom stereocenters. The van der Waals surface area contributed by atoms with Gasteiger partial charge in [0.05, 0.1) is 16.2 Å². The molecule has 1 aromatic rings. The average molecular weight is 337 g/mol. The second-order valence-electron chi connectivity index (χ2n) is 5.17. The summed E-state index contributed by atoms with van der Waals surface area (Å²) >= 11 is 6.09. The third kappa shape index (κ3) is 3.76. The molecule has 0 saturated heterocycles. The molecule has 0 bridgehead atoms. The molecule has 5 heteroatoms. The summed E-state index contributed by atoms with van der Waals surface area (Å²) in [4.78, 5) is 12.2. The van der Waals surface area contributed by atoms with E-state index in [4.69, 9.17) is 11.6 Å². The van der Waals surface area contributed by atoms with Crippen LogP contribution in [0.1, 0.15) is 18.9 Å². The molecule has 1 atom stereocenters. The lowest BCUT2D eigenvalue weighted by atomic mass is 9.94. The Morgan fingerprint density at radius 2 is 1.91 bits per heavy atom. The van der Waals surface area contributed by atoms with Crippen LogP contribution in [0.5, 0.6) is 0 Å². The molecule has 0 N–H and O–H groups in total. The molecule has 1 aliphatic rings. The van der Waals surface area contributed by atoms with Gasteiger partial charge in [0.25, 0.3) is 0 Å². The Hall–Kier alpha value is -1.65. The number of halogens is 1. The second-order valence-corrected chi connectivity index (χ2v) is 7.41. The summed E-state index contributed by atoms with van der Waals surface area (Å²) in [6.07, 6.45) is 5.71. The van der Waals surface area contributed by atoms with Crippen LogP contribution in [0.25, 0.3) is 0 Å². The first-order valence-electron chi connectivity index (χ1n) is 6.95. The molecule has 3 nitrogen and oxygen atoms in total. The van der Waals surface area contributed by atoms with Crippen LogP contribution >= 0.6 is 11.6 Å². The van der Waals surface area contributed by atoms with Crippen LogP contribution in [0.15, 0.2) is 63.4 Å². The Balaban J connectivity index is 2.29. The topological polar surface area (TPSA) is 51.2 Å². The highest BCUT2D eigenvalue weighted by atomic mass is 35.5. The minimum atomic E-state index is -3.67. The molecule has 1 aliphatic carbocycles. The Labute approximate surface area is 135 Å². The molecule has 0 aliphatic heterocycles. The summed E-state index contributed by atoms with van der Waals surface area (Å²) in [6, 6.07) is 6.49. The van der Waals surface area contributed by atoms with Crippen LogP contribution in [0.3, 0.4) is 0 Å². The van der Waals surface area contributed by atoms with E-state index >= 15 is 0 Å². The number of sulfone groups is 1. The van der Waals surface area contributed by atoms with Crippen molar-refractivity contribution in [3.8, 4) is 0 Å². The normalized spacial score (nSPS) is 19.2. The molecule has 0 amide bonds. The van der Waals surface area contributed by atoms with Crippen LogP contribution in [-0.2, 0) is 14.6 Å². The van der Waals surface area contributed by atoms with Crippen molar-refractivity contribution in [2.75, 3.05) is 0 Å². The highest BCUT2D eigenvalue weighted by Gasteiger charge is 2.23. The summed E-state index contributed by atoms with van der Waals surface area (Å²) in [5.74, 6) is -0.920. The van der Waals surface area contributed by atoms with Crippen LogP contribution in [0, 0.1) is 12.8 Å². The van der Waals surface area contributed by atoms with Crippen molar-refractivity contribution in [2.24, 2.45) is 5.92 Å². The second kappa shape index (κ2) is 6.63. The van der Waals surface area contributed by atoms with Gasteiger partial charge in [0, 0.05) is 5.03 Å². The van der Waals surface area contributed by atoms with Crippen molar-refractivity contribution in [3.05, 3.63) is 64.1 Å². The van der Waals surface area contributed by atoms with Crippen molar-refractivity contribution < 1.29 is 13.2 Å². The first-order chi connectivity index (χ1) is 10.3. The highest BCUT2D eigenvalue weighted by Crippen LogP contribution is 2.27. The van der Waals surface area contributed by atoms with Crippen molar-refractivity contribution in [3.63, 3.8) is 0 Å².